The van der Waals surface area contributed by atoms with Gasteiger partial charge in [0.25, 0.3) is 0 Å². The predicted molar refractivity (Wildman–Crippen MR) is 33.1 cm³/mol. The summed E-state index contributed by atoms with van der Waals surface area (Å²) in [6.07, 6.45) is 6.67. The molecule has 1 fully saturated rings. The molecule has 0 unspecified atom stereocenters. The Balaban J connectivity index is -0.000000124. The Morgan fingerprint density at radius 1 is 0.750 bits per heavy atom. The molecule has 12 heavy (non-hydrogen) atoms. The minimum Gasteiger partial charge on any atom is -0.652 e. The molecule has 60 valence electrons. The number of carboxylic acid groups (broad SMARTS) is 2. The maximum absolute atomic E-state index is 8.33. The summed E-state index contributed by atoms with van der Waals surface area (Å²) < 4.78 is 0. The fourth-order valence-electron chi connectivity index (χ4n) is 1.06. The quantitative estimate of drug-likeness (QED) is 0.383. The minimum atomic E-state index is -2.33. The van der Waals surface area contributed by atoms with Crippen molar-refractivity contribution in [3.05, 3.63) is 0 Å². The van der Waals surface area contributed by atoms with Crippen molar-refractivity contribution in [3.8, 4) is 0 Å². The zero-order valence-electron chi connectivity index (χ0n) is 7.97. The molecule has 3 nitrogen and oxygen atoms in total. The first-order valence-corrected chi connectivity index (χ1v) is 3.61. The van der Waals surface area contributed by atoms with Gasteiger partial charge in [-0.3, -0.25) is 0 Å². The summed E-state index contributed by atoms with van der Waals surface area (Å²) in [5.41, 5.74) is 0. The van der Waals surface area contributed by atoms with Crippen LogP contribution in [-0.4, -0.2) is 6.16 Å². The zero-order chi connectivity index (χ0) is 7.82. The molecule has 0 bridgehead atoms. The van der Waals surface area contributed by atoms with E-state index in [0.29, 0.717) is 0 Å². The Morgan fingerprint density at radius 3 is 0.917 bits per heavy atom. The van der Waals surface area contributed by atoms with Gasteiger partial charge in [-0.2, -0.15) is 0 Å². The second-order valence-corrected chi connectivity index (χ2v) is 2.37. The molecule has 0 saturated heterocycles. The fourth-order valence-corrected chi connectivity index (χ4v) is 1.06. The Kier molecular flexibility index (Phi) is 26.7. The van der Waals surface area contributed by atoms with Crippen LogP contribution in [0.25, 0.3) is 0 Å². The number of carbonyl (C=O) groups is 1. The molecule has 1 aliphatic rings. The largest absolute Gasteiger partial charge is 1.00 e. The smallest absolute Gasteiger partial charge is 0.652 e. The zero-order valence-corrected chi connectivity index (χ0v) is 14.2. The topological polar surface area (TPSA) is 63.2 Å². The van der Waals surface area contributed by atoms with Gasteiger partial charge in [-0.15, -0.1) is 0 Å². The van der Waals surface area contributed by atoms with E-state index in [0.717, 1.165) is 0 Å². The van der Waals surface area contributed by atoms with Gasteiger partial charge in [0.2, 0.25) is 0 Å². The Bertz CT molecular complexity index is 79.1. The third kappa shape index (κ3) is 22.9. The van der Waals surface area contributed by atoms with Crippen LogP contribution in [0.4, 0.5) is 4.79 Å². The van der Waals surface area contributed by atoms with E-state index < -0.39 is 6.16 Å². The van der Waals surface area contributed by atoms with Crippen molar-refractivity contribution in [2.45, 2.75) is 38.5 Å². The van der Waals surface area contributed by atoms with Crippen LogP contribution < -0.4 is 113 Å². The van der Waals surface area contributed by atoms with E-state index >= 15 is 0 Å². The van der Waals surface area contributed by atoms with Crippen molar-refractivity contribution in [2.24, 2.45) is 0 Å². The van der Waals surface area contributed by atoms with Crippen molar-refractivity contribution in [2.75, 3.05) is 0 Å². The van der Waals surface area contributed by atoms with Gasteiger partial charge >= 0.3 is 103 Å². The first-order chi connectivity index (χ1) is 4.73. The van der Waals surface area contributed by atoms with Gasteiger partial charge in [0.1, 0.15) is 0 Å². The molecule has 0 aromatic carbocycles. The van der Waals surface area contributed by atoms with E-state index in [9.17, 15) is 0 Å². The van der Waals surface area contributed by atoms with E-state index in [1.165, 1.54) is 38.5 Å². The Labute approximate surface area is 159 Å². The number of rotatable bonds is 0. The Hall–Kier alpha value is 2.54. The van der Waals surface area contributed by atoms with Gasteiger partial charge in [-0.25, -0.2) is 0 Å². The monoisotopic (exact) mass is 222 g/mol. The molecule has 0 spiro atoms. The van der Waals surface area contributed by atoms with E-state index in [2.05, 4.69) is 0 Å². The molecular formula is C7H12K2O3. The van der Waals surface area contributed by atoms with Crippen LogP contribution in [0.1, 0.15) is 38.5 Å². The van der Waals surface area contributed by atoms with Crippen LogP contribution in [0.15, 0.2) is 0 Å². The molecule has 1 rings (SSSR count). The normalized spacial score (nSPS) is 14.0. The summed E-state index contributed by atoms with van der Waals surface area (Å²) in [4.78, 5) is 8.33. The fraction of sp³-hybridized carbons (Fsp3) is 0.857. The summed E-state index contributed by atoms with van der Waals surface area (Å²) in [6.45, 7) is 0. The average Bonchev–Trinajstić information content (AvgIpc) is 1.90. The molecule has 0 radical (unpaired) electrons. The van der Waals surface area contributed by atoms with Crippen molar-refractivity contribution >= 4 is 6.16 Å². The number of hydrogen-bond acceptors (Lipinski definition) is 3. The van der Waals surface area contributed by atoms with Gasteiger partial charge in [0.05, 0.1) is 0 Å². The summed E-state index contributed by atoms with van der Waals surface area (Å²) in [6, 6.07) is 0. The van der Waals surface area contributed by atoms with Crippen LogP contribution in [0.5, 0.6) is 0 Å². The minimum absolute atomic E-state index is 0. The molecule has 0 aliphatic heterocycles. The van der Waals surface area contributed by atoms with Crippen molar-refractivity contribution in [3.63, 3.8) is 0 Å². The second-order valence-electron chi connectivity index (χ2n) is 2.37. The van der Waals surface area contributed by atoms with Gasteiger partial charge in [-0.1, -0.05) is 38.5 Å². The third-order valence-electron chi connectivity index (χ3n) is 1.50. The molecule has 0 heterocycles. The molecule has 0 N–H and O–H groups in total. The summed E-state index contributed by atoms with van der Waals surface area (Å²) in [7, 11) is 0. The molecule has 0 atom stereocenters. The van der Waals surface area contributed by atoms with Crippen molar-refractivity contribution in [1.82, 2.24) is 0 Å². The molecule has 1 saturated carbocycles. The first-order valence-electron chi connectivity index (χ1n) is 3.61. The summed E-state index contributed by atoms with van der Waals surface area (Å²) in [5, 5.41) is 16.7. The van der Waals surface area contributed by atoms with Gasteiger partial charge in [0.15, 0.2) is 0 Å². The van der Waals surface area contributed by atoms with Gasteiger partial charge in [-0.05, 0) is 6.16 Å². The van der Waals surface area contributed by atoms with Gasteiger partial charge < -0.3 is 15.0 Å². The SMILES string of the molecule is C1CCCCC1.O=C([O-])[O-].[K+].[K+]. The average molecular weight is 222 g/mol. The molecule has 0 amide bonds. The first kappa shape index (κ1) is 20.0. The molecule has 0 aromatic heterocycles. The van der Waals surface area contributed by atoms with Crippen LogP contribution in [-0.2, 0) is 0 Å². The van der Waals surface area contributed by atoms with Gasteiger partial charge in [0, 0.05) is 0 Å². The number of hydrogen-bond donors (Lipinski definition) is 0. The third-order valence-corrected chi connectivity index (χ3v) is 1.50. The van der Waals surface area contributed by atoms with Crippen molar-refractivity contribution in [1.29, 1.82) is 0 Å². The second kappa shape index (κ2) is 16.0. The van der Waals surface area contributed by atoms with E-state index in [4.69, 9.17) is 15.0 Å². The Morgan fingerprint density at radius 2 is 0.833 bits per heavy atom. The van der Waals surface area contributed by atoms with E-state index in [1.54, 1.807) is 0 Å². The summed E-state index contributed by atoms with van der Waals surface area (Å²) in [5.74, 6) is 0. The maximum atomic E-state index is 8.33. The molecule has 5 heteroatoms. The van der Waals surface area contributed by atoms with Crippen LogP contribution in [0, 0.1) is 0 Å². The van der Waals surface area contributed by atoms with E-state index in [-0.39, 0.29) is 103 Å². The molecule has 0 aromatic rings. The maximum Gasteiger partial charge on any atom is 1.00 e. The predicted octanol–water partition coefficient (Wildman–Crippen LogP) is -6.10. The summed E-state index contributed by atoms with van der Waals surface area (Å²) >= 11 is 0. The van der Waals surface area contributed by atoms with Crippen LogP contribution >= 0.6 is 0 Å². The van der Waals surface area contributed by atoms with Crippen LogP contribution in [0.2, 0.25) is 0 Å². The van der Waals surface area contributed by atoms with Crippen molar-refractivity contribution < 1.29 is 118 Å². The van der Waals surface area contributed by atoms with E-state index in [1.807, 2.05) is 0 Å². The number of carbonyl (C=O) groups excluding carboxylic acids is 1. The molecular weight excluding hydrogens is 210 g/mol. The van der Waals surface area contributed by atoms with Crippen LogP contribution in [0.3, 0.4) is 0 Å². The molecule has 1 aliphatic carbocycles. The standard InChI is InChI=1S/C6H12.CH2O3.2K/c1-2-4-6-5-3-1;2-1(3)4;;/h1-6H2;(H2,2,3,4);;/q;;2*+1/p-2.